The average molecular weight is 447 g/mol. The van der Waals surface area contributed by atoms with Crippen molar-refractivity contribution in [3.8, 4) is 0 Å². The number of rotatable bonds is 6. The molecule has 0 aliphatic heterocycles. The summed E-state index contributed by atoms with van der Waals surface area (Å²) in [6.07, 6.45) is 5.74. The molecule has 3 aromatic rings. The van der Waals surface area contributed by atoms with Crippen LogP contribution in [0.5, 0.6) is 0 Å². The summed E-state index contributed by atoms with van der Waals surface area (Å²) >= 11 is 4.87. The third-order valence-electron chi connectivity index (χ3n) is 5.89. The second-order valence-corrected chi connectivity index (χ2v) is 10.1. The molecule has 5 rings (SSSR count). The first kappa shape index (κ1) is 20.0. The Morgan fingerprint density at radius 1 is 1.13 bits per heavy atom. The predicted molar refractivity (Wildman–Crippen MR) is 114 cm³/mol. The van der Waals surface area contributed by atoms with Gasteiger partial charge in [0.15, 0.2) is 17.2 Å². The van der Waals surface area contributed by atoms with Crippen LogP contribution in [0.4, 0.5) is 0 Å². The number of nitrogens with one attached hydrogen (secondary N) is 1. The molecule has 0 radical (unpaired) electrons. The standard InChI is InChI=1S/C22H23ClN2O4S/c23-15-5-8-18-17(11-15)25-22(29-18)14-3-6-16(7-4-14)24-21(26)19-9-10-20(28-19)30(27)12-13-1-2-13/h5,8-11,13-14,16H,1-4,6-7,12H2,(H,24,26)/t14-,16+,30-/m1/s1. The van der Waals surface area contributed by atoms with Crippen LogP contribution in [-0.2, 0) is 11.2 Å². The third kappa shape index (κ3) is 4.38. The van der Waals surface area contributed by atoms with Gasteiger partial charge < -0.3 is 18.7 Å². The van der Waals surface area contributed by atoms with Crippen molar-refractivity contribution < 1.29 is 18.2 Å². The lowest BCUT2D eigenvalue weighted by atomic mass is 9.86. The van der Waals surface area contributed by atoms with Gasteiger partial charge in [0.25, 0.3) is 5.91 Å². The minimum absolute atomic E-state index is 0.0816. The van der Waals surface area contributed by atoms with Gasteiger partial charge in [-0.15, -0.1) is 0 Å². The fourth-order valence-electron chi connectivity index (χ4n) is 3.98. The van der Waals surface area contributed by atoms with Crippen molar-refractivity contribution in [2.24, 2.45) is 5.92 Å². The molecule has 8 heteroatoms. The molecule has 2 saturated carbocycles. The first-order valence-corrected chi connectivity index (χ1v) is 12.1. The molecule has 2 aromatic heterocycles. The van der Waals surface area contributed by atoms with Gasteiger partial charge in [0.1, 0.15) is 11.3 Å². The Labute approximate surface area is 182 Å². The van der Waals surface area contributed by atoms with E-state index in [1.54, 1.807) is 18.2 Å². The summed E-state index contributed by atoms with van der Waals surface area (Å²) in [6.45, 7) is 0. The normalized spacial score (nSPS) is 22.9. The highest BCUT2D eigenvalue weighted by atomic mass is 35.5. The molecular weight excluding hydrogens is 424 g/mol. The van der Waals surface area contributed by atoms with Crippen molar-refractivity contribution in [1.29, 1.82) is 0 Å². The molecule has 2 aliphatic carbocycles. The van der Waals surface area contributed by atoms with E-state index in [1.165, 1.54) is 0 Å². The van der Waals surface area contributed by atoms with Crippen LogP contribution in [0.1, 0.15) is 60.9 Å². The van der Waals surface area contributed by atoms with Crippen LogP contribution in [0.3, 0.4) is 0 Å². The molecule has 2 aliphatic rings. The number of carbonyl (C=O) groups is 1. The lowest BCUT2D eigenvalue weighted by molar-refractivity contribution is 0.0891. The van der Waals surface area contributed by atoms with Crippen LogP contribution < -0.4 is 5.32 Å². The van der Waals surface area contributed by atoms with E-state index >= 15 is 0 Å². The largest absolute Gasteiger partial charge is 0.609 e. The highest BCUT2D eigenvalue weighted by Gasteiger charge is 2.31. The maximum Gasteiger partial charge on any atom is 0.311 e. The van der Waals surface area contributed by atoms with E-state index in [2.05, 4.69) is 10.3 Å². The molecule has 1 atom stereocenters. The Morgan fingerprint density at radius 2 is 1.93 bits per heavy atom. The Balaban J connectivity index is 1.15. The van der Waals surface area contributed by atoms with E-state index in [9.17, 15) is 9.35 Å². The monoisotopic (exact) mass is 446 g/mol. The Hall–Kier alpha value is -1.96. The van der Waals surface area contributed by atoms with E-state index in [0.29, 0.717) is 21.8 Å². The summed E-state index contributed by atoms with van der Waals surface area (Å²) in [5, 5.41) is 4.09. The number of oxazole rings is 1. The topological polar surface area (TPSA) is 91.3 Å². The number of halogens is 1. The number of amides is 1. The quantitative estimate of drug-likeness (QED) is 0.535. The summed E-state index contributed by atoms with van der Waals surface area (Å²) in [6, 6.07) is 8.81. The van der Waals surface area contributed by atoms with Crippen LogP contribution in [-0.4, -0.2) is 27.2 Å². The van der Waals surface area contributed by atoms with E-state index < -0.39 is 11.2 Å². The zero-order valence-electron chi connectivity index (χ0n) is 16.4. The Morgan fingerprint density at radius 3 is 2.70 bits per heavy atom. The first-order chi connectivity index (χ1) is 14.5. The van der Waals surface area contributed by atoms with E-state index in [4.69, 9.17) is 20.4 Å². The zero-order chi connectivity index (χ0) is 20.7. The highest BCUT2D eigenvalue weighted by molar-refractivity contribution is 7.91. The Kier molecular flexibility index (Phi) is 5.52. The van der Waals surface area contributed by atoms with Gasteiger partial charge in [-0.05, 0) is 62.8 Å². The zero-order valence-corrected chi connectivity index (χ0v) is 18.0. The van der Waals surface area contributed by atoms with Crippen LogP contribution in [0.25, 0.3) is 11.1 Å². The molecule has 0 saturated heterocycles. The van der Waals surface area contributed by atoms with Gasteiger partial charge in [-0.2, -0.15) is 0 Å². The van der Waals surface area contributed by atoms with Crippen molar-refractivity contribution in [3.05, 3.63) is 47.0 Å². The number of fused-ring (bicyclic) bond motifs is 1. The minimum atomic E-state index is -1.16. The van der Waals surface area contributed by atoms with Crippen molar-refractivity contribution in [2.45, 2.75) is 55.6 Å². The maximum atomic E-state index is 12.5. The van der Waals surface area contributed by atoms with Gasteiger partial charge in [-0.25, -0.2) is 4.98 Å². The lowest BCUT2D eigenvalue weighted by Gasteiger charge is -2.27. The summed E-state index contributed by atoms with van der Waals surface area (Å²) in [4.78, 5) is 17.1. The van der Waals surface area contributed by atoms with Gasteiger partial charge in [-0.3, -0.25) is 4.79 Å². The van der Waals surface area contributed by atoms with E-state index in [-0.39, 0.29) is 23.6 Å². The third-order valence-corrected chi connectivity index (χ3v) is 7.57. The number of aromatic nitrogens is 1. The molecule has 1 amide bonds. The number of nitrogens with zero attached hydrogens (tertiary/aromatic N) is 1. The highest BCUT2D eigenvalue weighted by Crippen LogP contribution is 2.35. The molecule has 6 nitrogen and oxygen atoms in total. The smallest absolute Gasteiger partial charge is 0.311 e. The van der Waals surface area contributed by atoms with Crippen molar-refractivity contribution >= 4 is 39.8 Å². The number of carbonyl (C=O) groups excluding carboxylic acids is 1. The van der Waals surface area contributed by atoms with Gasteiger partial charge in [-0.1, -0.05) is 11.6 Å². The van der Waals surface area contributed by atoms with E-state index in [1.807, 2.05) is 12.1 Å². The lowest BCUT2D eigenvalue weighted by Crippen LogP contribution is -2.37. The van der Waals surface area contributed by atoms with Crippen LogP contribution in [0.2, 0.25) is 5.02 Å². The van der Waals surface area contributed by atoms with E-state index in [0.717, 1.165) is 55.5 Å². The minimum Gasteiger partial charge on any atom is -0.609 e. The molecule has 158 valence electrons. The van der Waals surface area contributed by atoms with Gasteiger partial charge in [0, 0.05) is 40.1 Å². The Bertz CT molecular complexity index is 1050. The second kappa shape index (κ2) is 8.29. The number of furan rings is 1. The number of benzene rings is 1. The summed E-state index contributed by atoms with van der Waals surface area (Å²) < 4.78 is 23.7. The predicted octanol–water partition coefficient (Wildman–Crippen LogP) is 5.05. The fraction of sp³-hybridized carbons (Fsp3) is 0.455. The molecule has 0 unspecified atom stereocenters. The van der Waals surface area contributed by atoms with Crippen molar-refractivity contribution in [3.63, 3.8) is 0 Å². The molecule has 2 fully saturated rings. The van der Waals surface area contributed by atoms with Gasteiger partial charge in [0.2, 0.25) is 0 Å². The maximum absolute atomic E-state index is 12.5. The summed E-state index contributed by atoms with van der Waals surface area (Å²) in [5.74, 6) is 2.13. The molecule has 1 aromatic carbocycles. The molecule has 0 spiro atoms. The van der Waals surface area contributed by atoms with Crippen molar-refractivity contribution in [2.75, 3.05) is 5.75 Å². The first-order valence-electron chi connectivity index (χ1n) is 10.4. The number of hydrogen-bond acceptors (Lipinski definition) is 5. The molecule has 30 heavy (non-hydrogen) atoms. The second-order valence-electron chi connectivity index (χ2n) is 8.26. The van der Waals surface area contributed by atoms with Crippen molar-refractivity contribution in [1.82, 2.24) is 10.3 Å². The summed E-state index contributed by atoms with van der Waals surface area (Å²) in [5.41, 5.74) is 1.53. The van der Waals surface area contributed by atoms with Gasteiger partial charge in [0.05, 0.1) is 0 Å². The van der Waals surface area contributed by atoms with Crippen LogP contribution in [0, 0.1) is 5.92 Å². The molecule has 2 heterocycles. The average Bonchev–Trinajstić information content (AvgIpc) is 3.25. The molecule has 0 bridgehead atoms. The number of hydrogen-bond donors (Lipinski definition) is 1. The fourth-order valence-corrected chi connectivity index (χ4v) is 5.47. The van der Waals surface area contributed by atoms with Crippen LogP contribution >= 0.6 is 11.6 Å². The van der Waals surface area contributed by atoms with Crippen LogP contribution in [0.15, 0.2) is 44.3 Å². The SMILES string of the molecule is O=C(N[C@H]1CC[C@@H](c2nc3cc(Cl)ccc3o2)CC1)c1ccc([S@+]([O-])CC2CC2)o1. The van der Waals surface area contributed by atoms with Gasteiger partial charge >= 0.3 is 5.09 Å². The molecule has 1 N–H and O–H groups in total. The molecular formula is C22H23ClN2O4S. The summed E-state index contributed by atoms with van der Waals surface area (Å²) in [7, 11) is 0.